The van der Waals surface area contributed by atoms with Crippen molar-refractivity contribution in [1.29, 1.82) is 5.26 Å². The number of benzene rings is 2. The third-order valence-corrected chi connectivity index (χ3v) is 6.97. The molecule has 0 N–H and O–H groups in total. The topological polar surface area (TPSA) is 64.2 Å². The van der Waals surface area contributed by atoms with Crippen LogP contribution in [0.1, 0.15) is 50.7 Å². The molecule has 1 heterocycles. The standard InChI is InChI=1S/C24H29N2O3P/c1-3-5-14-28-30(27,29-15-6-4-2)24-17-22-16-21(18-25)12-13-23(22)26(24)19-20-10-8-7-9-11-20/h7-13,16-17H,3-6,14-15,19H2,1-2H3. The molecule has 0 saturated heterocycles. The minimum absolute atomic E-state index is 0.385. The van der Waals surface area contributed by atoms with Crippen molar-refractivity contribution >= 4 is 23.9 Å². The number of aromatic nitrogens is 1. The SMILES string of the molecule is CCCCOP(=O)(OCCCC)c1cc2cc(C#N)ccc2n1Cc1ccccc1. The van der Waals surface area contributed by atoms with Crippen LogP contribution in [-0.4, -0.2) is 17.8 Å². The molecular weight excluding hydrogens is 395 g/mol. The number of fused-ring (bicyclic) bond motifs is 1. The van der Waals surface area contributed by atoms with Gasteiger partial charge in [-0.1, -0.05) is 57.0 Å². The molecule has 0 aliphatic carbocycles. The second kappa shape index (κ2) is 10.6. The van der Waals surface area contributed by atoms with Gasteiger partial charge in [0.1, 0.15) is 5.44 Å². The second-order valence-electron chi connectivity index (χ2n) is 7.33. The molecule has 158 valence electrons. The van der Waals surface area contributed by atoms with Crippen molar-refractivity contribution in [1.82, 2.24) is 4.57 Å². The smallest absolute Gasteiger partial charge is 0.330 e. The maximum absolute atomic E-state index is 14.0. The van der Waals surface area contributed by atoms with E-state index in [0.717, 1.165) is 42.1 Å². The fourth-order valence-corrected chi connectivity index (χ4v) is 5.16. The first-order valence-electron chi connectivity index (χ1n) is 10.6. The van der Waals surface area contributed by atoms with Crippen LogP contribution in [0.5, 0.6) is 0 Å². The molecule has 0 unspecified atom stereocenters. The predicted octanol–water partition coefficient (Wildman–Crippen LogP) is 6.01. The van der Waals surface area contributed by atoms with Crippen LogP contribution in [0.15, 0.2) is 54.6 Å². The molecule has 5 nitrogen and oxygen atoms in total. The van der Waals surface area contributed by atoms with E-state index in [-0.39, 0.29) is 0 Å². The van der Waals surface area contributed by atoms with Crippen LogP contribution in [0.2, 0.25) is 0 Å². The Morgan fingerprint density at radius 2 is 1.63 bits per heavy atom. The highest BCUT2D eigenvalue weighted by Gasteiger charge is 2.32. The lowest BCUT2D eigenvalue weighted by molar-refractivity contribution is 0.207. The molecule has 6 heteroatoms. The van der Waals surface area contributed by atoms with Crippen molar-refractivity contribution in [2.75, 3.05) is 13.2 Å². The van der Waals surface area contributed by atoms with Gasteiger partial charge in [0.15, 0.2) is 0 Å². The van der Waals surface area contributed by atoms with E-state index in [4.69, 9.17) is 9.05 Å². The van der Waals surface area contributed by atoms with E-state index in [2.05, 4.69) is 19.9 Å². The van der Waals surface area contributed by atoms with E-state index in [1.54, 1.807) is 6.07 Å². The Morgan fingerprint density at radius 3 is 2.23 bits per heavy atom. The third kappa shape index (κ3) is 5.21. The van der Waals surface area contributed by atoms with E-state index < -0.39 is 7.60 Å². The molecule has 0 saturated carbocycles. The molecule has 0 spiro atoms. The van der Waals surface area contributed by atoms with Gasteiger partial charge in [-0.15, -0.1) is 0 Å². The molecule has 30 heavy (non-hydrogen) atoms. The van der Waals surface area contributed by atoms with Crippen molar-refractivity contribution < 1.29 is 13.6 Å². The number of nitrogens with zero attached hydrogens (tertiary/aromatic N) is 2. The first-order valence-corrected chi connectivity index (χ1v) is 12.1. The molecule has 0 amide bonds. The van der Waals surface area contributed by atoms with Crippen LogP contribution in [0, 0.1) is 11.3 Å². The molecule has 0 radical (unpaired) electrons. The minimum atomic E-state index is -3.52. The van der Waals surface area contributed by atoms with Crippen LogP contribution in [0.4, 0.5) is 0 Å². The van der Waals surface area contributed by atoms with Crippen molar-refractivity contribution in [3.05, 3.63) is 65.7 Å². The molecule has 0 aliphatic rings. The molecule has 0 atom stereocenters. The third-order valence-electron chi connectivity index (χ3n) is 4.99. The van der Waals surface area contributed by atoms with Gasteiger partial charge in [-0.05, 0) is 42.7 Å². The molecule has 0 aliphatic heterocycles. The summed E-state index contributed by atoms with van der Waals surface area (Å²) in [5.74, 6) is 0. The summed E-state index contributed by atoms with van der Waals surface area (Å²) >= 11 is 0. The van der Waals surface area contributed by atoms with Crippen LogP contribution < -0.4 is 5.44 Å². The number of hydrogen-bond acceptors (Lipinski definition) is 4. The minimum Gasteiger partial charge on any atom is -0.330 e. The monoisotopic (exact) mass is 424 g/mol. The molecule has 2 aromatic carbocycles. The lowest BCUT2D eigenvalue weighted by atomic mass is 10.2. The molecule has 3 aromatic rings. The van der Waals surface area contributed by atoms with Gasteiger partial charge in [0.2, 0.25) is 0 Å². The lowest BCUT2D eigenvalue weighted by Crippen LogP contribution is -2.21. The zero-order valence-corrected chi connectivity index (χ0v) is 18.6. The Kier molecular flexibility index (Phi) is 7.87. The number of nitriles is 1. The maximum Gasteiger partial charge on any atom is 0.377 e. The van der Waals surface area contributed by atoms with E-state index >= 15 is 0 Å². The predicted molar refractivity (Wildman–Crippen MR) is 121 cm³/mol. The van der Waals surface area contributed by atoms with Crippen molar-refractivity contribution in [2.45, 2.75) is 46.1 Å². The quantitative estimate of drug-likeness (QED) is 0.279. The summed E-state index contributed by atoms with van der Waals surface area (Å²) < 4.78 is 27.8. The Bertz CT molecular complexity index is 1040. The van der Waals surface area contributed by atoms with Crippen molar-refractivity contribution in [3.63, 3.8) is 0 Å². The number of rotatable bonds is 11. The summed E-state index contributed by atoms with van der Waals surface area (Å²) in [4.78, 5) is 0. The summed E-state index contributed by atoms with van der Waals surface area (Å²) in [5, 5.41) is 10.2. The Labute approximate surface area is 178 Å². The highest BCUT2D eigenvalue weighted by atomic mass is 31.2. The summed E-state index contributed by atoms with van der Waals surface area (Å²) in [6.45, 7) is 5.46. The summed E-state index contributed by atoms with van der Waals surface area (Å²) in [5.41, 5.74) is 3.11. The maximum atomic E-state index is 14.0. The van der Waals surface area contributed by atoms with E-state index in [1.165, 1.54) is 0 Å². The number of unbranched alkanes of at least 4 members (excludes halogenated alkanes) is 2. The van der Waals surface area contributed by atoms with Crippen molar-refractivity contribution in [3.8, 4) is 6.07 Å². The Hall–Kier alpha value is -2.38. The summed E-state index contributed by atoms with van der Waals surface area (Å²) in [7, 11) is -3.52. The van der Waals surface area contributed by atoms with Gasteiger partial charge in [0, 0.05) is 17.4 Å². The van der Waals surface area contributed by atoms with Gasteiger partial charge >= 0.3 is 7.60 Å². The van der Waals surface area contributed by atoms with Crippen LogP contribution in [-0.2, 0) is 20.2 Å². The van der Waals surface area contributed by atoms with Crippen molar-refractivity contribution in [2.24, 2.45) is 0 Å². The lowest BCUT2D eigenvalue weighted by Gasteiger charge is -2.21. The highest BCUT2D eigenvalue weighted by molar-refractivity contribution is 7.62. The Morgan fingerprint density at radius 1 is 0.967 bits per heavy atom. The van der Waals surface area contributed by atoms with Crippen LogP contribution >= 0.6 is 7.60 Å². The zero-order valence-electron chi connectivity index (χ0n) is 17.7. The molecule has 0 fully saturated rings. The van der Waals surface area contributed by atoms with E-state index in [9.17, 15) is 9.83 Å². The Balaban J connectivity index is 2.10. The zero-order chi connectivity index (χ0) is 21.4. The molecule has 0 bridgehead atoms. The van der Waals surface area contributed by atoms with Gasteiger partial charge in [-0.3, -0.25) is 4.57 Å². The van der Waals surface area contributed by atoms with E-state index in [0.29, 0.717) is 30.8 Å². The van der Waals surface area contributed by atoms with Crippen LogP contribution in [0.25, 0.3) is 10.9 Å². The molecule has 1 aromatic heterocycles. The number of hydrogen-bond donors (Lipinski definition) is 0. The fraction of sp³-hybridized carbons (Fsp3) is 0.375. The highest BCUT2D eigenvalue weighted by Crippen LogP contribution is 2.48. The van der Waals surface area contributed by atoms with Gasteiger partial charge in [0.25, 0.3) is 0 Å². The fourth-order valence-electron chi connectivity index (χ4n) is 3.31. The summed E-state index contributed by atoms with van der Waals surface area (Å²) in [6.07, 6.45) is 3.54. The van der Waals surface area contributed by atoms with E-state index in [1.807, 2.05) is 53.1 Å². The van der Waals surface area contributed by atoms with Gasteiger partial charge in [0.05, 0.1) is 24.8 Å². The van der Waals surface area contributed by atoms with Gasteiger partial charge in [-0.25, -0.2) is 0 Å². The summed E-state index contributed by atoms with van der Waals surface area (Å²) in [6, 6.07) is 19.6. The second-order valence-corrected chi connectivity index (χ2v) is 9.30. The van der Waals surface area contributed by atoms with Crippen LogP contribution in [0.3, 0.4) is 0 Å². The van der Waals surface area contributed by atoms with Gasteiger partial charge < -0.3 is 13.6 Å². The average Bonchev–Trinajstić information content (AvgIpc) is 3.13. The molecular formula is C24H29N2O3P. The average molecular weight is 424 g/mol. The normalized spacial score (nSPS) is 11.6. The first-order chi connectivity index (χ1) is 14.6. The largest absolute Gasteiger partial charge is 0.377 e. The molecule has 3 rings (SSSR count). The first kappa shape index (κ1) is 22.3. The van der Waals surface area contributed by atoms with Gasteiger partial charge in [-0.2, -0.15) is 5.26 Å².